The van der Waals surface area contributed by atoms with Gasteiger partial charge in [0.15, 0.2) is 0 Å². The Morgan fingerprint density at radius 1 is 1.14 bits per heavy atom. The maximum atomic E-state index is 14.7. The molecule has 3 aromatic heterocycles. The Labute approximate surface area is 251 Å². The van der Waals surface area contributed by atoms with Crippen LogP contribution in [0.2, 0.25) is 0 Å². The zero-order valence-corrected chi connectivity index (χ0v) is 25.4. The molecule has 0 unspecified atom stereocenters. The van der Waals surface area contributed by atoms with Crippen LogP contribution in [0.4, 0.5) is 4.39 Å². The number of ether oxygens (including phenoxy) is 3. The van der Waals surface area contributed by atoms with Gasteiger partial charge in [0.1, 0.15) is 33.5 Å². The lowest BCUT2D eigenvalue weighted by Crippen LogP contribution is -2.44. The van der Waals surface area contributed by atoms with E-state index in [0.717, 1.165) is 17.4 Å². The Kier molecular flexibility index (Phi) is 9.37. The van der Waals surface area contributed by atoms with Crippen molar-refractivity contribution in [3.63, 3.8) is 0 Å². The highest BCUT2D eigenvalue weighted by molar-refractivity contribution is 7.21. The monoisotopic (exact) mass is 614 g/mol. The van der Waals surface area contributed by atoms with Crippen LogP contribution in [0.1, 0.15) is 49.5 Å². The first-order valence-corrected chi connectivity index (χ1v) is 15.0. The normalized spacial score (nSPS) is 16.0. The summed E-state index contributed by atoms with van der Waals surface area (Å²) < 4.78 is 34.5. The van der Waals surface area contributed by atoms with Crippen molar-refractivity contribution in [2.24, 2.45) is 0 Å². The predicted octanol–water partition coefficient (Wildman–Crippen LogP) is 3.24. The van der Waals surface area contributed by atoms with Gasteiger partial charge >= 0.3 is 5.69 Å². The Balaban J connectivity index is 1.71. The fraction of sp³-hybridized carbons (Fsp3) is 0.483. The smallest absolute Gasteiger partial charge is 0.332 e. The first-order chi connectivity index (χ1) is 20.8. The fourth-order valence-corrected chi connectivity index (χ4v) is 6.47. The summed E-state index contributed by atoms with van der Waals surface area (Å²) in [6.45, 7) is 4.98. The van der Waals surface area contributed by atoms with Crippen molar-refractivity contribution < 1.29 is 23.4 Å². The van der Waals surface area contributed by atoms with Gasteiger partial charge in [-0.1, -0.05) is 24.7 Å². The van der Waals surface area contributed by atoms with E-state index in [1.54, 1.807) is 27.1 Å². The Bertz CT molecular complexity index is 1720. The van der Waals surface area contributed by atoms with E-state index in [1.807, 2.05) is 6.92 Å². The van der Waals surface area contributed by atoms with Crippen LogP contribution in [0.25, 0.3) is 15.2 Å². The van der Waals surface area contributed by atoms with Crippen molar-refractivity contribution in [3.8, 4) is 10.8 Å². The average molecular weight is 615 g/mol. The number of nitrogens with zero attached hydrogens (tertiary/aromatic N) is 6. The summed E-state index contributed by atoms with van der Waals surface area (Å²) >= 11 is 1.19. The molecule has 5 rings (SSSR count). The number of unbranched alkanes of at least 4 members (excludes halogenated alkanes) is 1. The van der Waals surface area contributed by atoms with Crippen molar-refractivity contribution in [2.45, 2.75) is 51.8 Å². The highest BCUT2D eigenvalue weighted by atomic mass is 32.1. The molecule has 230 valence electrons. The van der Waals surface area contributed by atoms with Crippen LogP contribution in [0.5, 0.6) is 5.75 Å². The second-order valence-corrected chi connectivity index (χ2v) is 11.4. The number of carbonyl (C=O) groups is 1. The number of likely N-dealkylation sites (tertiary alicyclic amines) is 1. The van der Waals surface area contributed by atoms with Crippen LogP contribution >= 0.6 is 11.3 Å². The van der Waals surface area contributed by atoms with E-state index < -0.39 is 29.2 Å². The number of rotatable bonds is 13. The van der Waals surface area contributed by atoms with Gasteiger partial charge in [-0.05, 0) is 38.0 Å². The molecule has 0 N–H and O–H groups in total. The van der Waals surface area contributed by atoms with E-state index in [9.17, 15) is 18.8 Å². The van der Waals surface area contributed by atoms with Crippen LogP contribution in [0.3, 0.4) is 0 Å². The second-order valence-electron chi connectivity index (χ2n) is 10.4. The number of thiophene rings is 1. The molecule has 2 atom stereocenters. The van der Waals surface area contributed by atoms with Gasteiger partial charge in [-0.15, -0.1) is 4.80 Å². The molecule has 14 heteroatoms. The molecule has 0 aliphatic carbocycles. The van der Waals surface area contributed by atoms with Crippen LogP contribution in [0, 0.1) is 12.7 Å². The molecular formula is C29H35FN6O6S. The molecule has 43 heavy (non-hydrogen) atoms. The van der Waals surface area contributed by atoms with Crippen molar-refractivity contribution >= 4 is 27.5 Å². The quantitative estimate of drug-likeness (QED) is 0.211. The molecule has 12 nitrogen and oxygen atoms in total. The largest absolute Gasteiger partial charge is 0.493 e. The Morgan fingerprint density at radius 3 is 2.58 bits per heavy atom. The summed E-state index contributed by atoms with van der Waals surface area (Å²) in [5.41, 5.74) is -0.210. The second kappa shape index (κ2) is 13.2. The molecule has 1 aromatic carbocycles. The van der Waals surface area contributed by atoms with Crippen molar-refractivity contribution in [2.75, 3.05) is 40.5 Å². The standard InChI is InChI=1S/C29H35FN6O6S/c1-5-6-13-41-22-8-7-19(30)16-20(22)23(42-15-14-40-4)17-34-28-24(18(2)27(43-28)36-31-10-11-32-36)26(38)35(29(34)39)21-9-12-33(3)25(21)37/h7-8,10-11,16,21,23H,5-6,9,12-15,17H2,1-4H3/t21-,23-/m0/s1. The summed E-state index contributed by atoms with van der Waals surface area (Å²) in [5.74, 6) is -0.359. The molecule has 1 saturated heterocycles. The van der Waals surface area contributed by atoms with Gasteiger partial charge in [-0.25, -0.2) is 13.8 Å². The van der Waals surface area contributed by atoms with Gasteiger partial charge in [0.05, 0.1) is 44.1 Å². The SMILES string of the molecule is CCCCOc1ccc(F)cc1[C@H](Cn1c(=O)n([C@H]2CCN(C)C2=O)c(=O)c2c(C)c(-n3nccn3)sc21)OCCOC. The maximum absolute atomic E-state index is 14.7. The molecule has 1 aliphatic rings. The third kappa shape index (κ3) is 5.99. The van der Waals surface area contributed by atoms with Crippen LogP contribution in [-0.2, 0) is 20.8 Å². The van der Waals surface area contributed by atoms with Gasteiger partial charge in [0.25, 0.3) is 5.56 Å². The lowest BCUT2D eigenvalue weighted by molar-refractivity contribution is -0.129. The number of hydrogen-bond donors (Lipinski definition) is 0. The zero-order chi connectivity index (χ0) is 30.7. The molecule has 0 saturated carbocycles. The lowest BCUT2D eigenvalue weighted by Gasteiger charge is -2.24. The first kappa shape index (κ1) is 30.6. The molecule has 0 bridgehead atoms. The van der Waals surface area contributed by atoms with E-state index >= 15 is 0 Å². The topological polar surface area (TPSA) is 123 Å². The number of aromatic nitrogens is 5. The molecule has 1 aliphatic heterocycles. The maximum Gasteiger partial charge on any atom is 0.332 e. The average Bonchev–Trinajstić information content (AvgIpc) is 3.72. The summed E-state index contributed by atoms with van der Waals surface area (Å²) in [4.78, 5) is 44.6. The minimum atomic E-state index is -0.943. The third-order valence-corrected chi connectivity index (χ3v) is 8.84. The number of halogens is 1. The number of hydrogen-bond acceptors (Lipinski definition) is 9. The van der Waals surface area contributed by atoms with Gasteiger partial charge in [-0.2, -0.15) is 10.2 Å². The molecular weight excluding hydrogens is 579 g/mol. The highest BCUT2D eigenvalue weighted by Crippen LogP contribution is 2.34. The number of carbonyl (C=O) groups excluding carboxylic acids is 1. The molecule has 0 radical (unpaired) electrons. The van der Waals surface area contributed by atoms with Gasteiger partial charge in [0, 0.05) is 31.8 Å². The Morgan fingerprint density at radius 2 is 1.91 bits per heavy atom. The fourth-order valence-electron chi connectivity index (χ4n) is 5.25. The minimum Gasteiger partial charge on any atom is -0.493 e. The Hall–Kier alpha value is -3.88. The summed E-state index contributed by atoms with van der Waals surface area (Å²) in [6.07, 6.45) is 4.22. The molecule has 4 heterocycles. The van der Waals surface area contributed by atoms with Crippen molar-refractivity contribution in [1.29, 1.82) is 0 Å². The number of aryl methyl sites for hydroxylation is 1. The lowest BCUT2D eigenvalue weighted by atomic mass is 10.1. The first-order valence-electron chi connectivity index (χ1n) is 14.2. The van der Waals surface area contributed by atoms with Gasteiger partial charge in [-0.3, -0.25) is 14.2 Å². The summed E-state index contributed by atoms with van der Waals surface area (Å²) in [7, 11) is 3.18. The molecule has 1 fully saturated rings. The van der Waals surface area contributed by atoms with E-state index in [1.165, 1.54) is 50.1 Å². The third-order valence-electron chi connectivity index (χ3n) is 7.56. The van der Waals surface area contributed by atoms with Crippen LogP contribution < -0.4 is 16.0 Å². The minimum absolute atomic E-state index is 0.0877. The van der Waals surface area contributed by atoms with Crippen LogP contribution in [0.15, 0.2) is 40.2 Å². The molecule has 4 aromatic rings. The van der Waals surface area contributed by atoms with E-state index in [2.05, 4.69) is 10.2 Å². The number of benzene rings is 1. The summed E-state index contributed by atoms with van der Waals surface area (Å²) in [5, 5.41) is 9.29. The van der Waals surface area contributed by atoms with Crippen molar-refractivity contribution in [1.82, 2.24) is 29.0 Å². The number of fused-ring (bicyclic) bond motifs is 1. The van der Waals surface area contributed by atoms with Crippen molar-refractivity contribution in [3.05, 3.63) is 68.4 Å². The van der Waals surface area contributed by atoms with E-state index in [4.69, 9.17) is 14.2 Å². The van der Waals surface area contributed by atoms with E-state index in [0.29, 0.717) is 46.3 Å². The van der Waals surface area contributed by atoms with E-state index in [-0.39, 0.29) is 31.1 Å². The summed E-state index contributed by atoms with van der Waals surface area (Å²) in [6, 6.07) is 3.26. The molecule has 1 amide bonds. The highest BCUT2D eigenvalue weighted by Gasteiger charge is 2.35. The van der Waals surface area contributed by atoms with Gasteiger partial charge < -0.3 is 19.1 Å². The number of likely N-dealkylation sites (N-methyl/N-ethyl adjacent to an activating group) is 1. The number of methoxy groups -OCH3 is 1. The number of amides is 1. The predicted molar refractivity (Wildman–Crippen MR) is 159 cm³/mol. The molecule has 0 spiro atoms. The van der Waals surface area contributed by atoms with Gasteiger partial charge in [0.2, 0.25) is 5.91 Å². The van der Waals surface area contributed by atoms with Crippen LogP contribution in [-0.4, -0.2) is 75.5 Å². The zero-order valence-electron chi connectivity index (χ0n) is 24.6.